The Balaban J connectivity index is 1.85. The molecule has 0 aliphatic carbocycles. The van der Waals surface area contributed by atoms with E-state index in [9.17, 15) is 0 Å². The third kappa shape index (κ3) is 2.49. The number of hydrogen-bond donors (Lipinski definition) is 0. The Kier molecular flexibility index (Phi) is 3.60. The highest BCUT2D eigenvalue weighted by Crippen LogP contribution is 2.21. The van der Waals surface area contributed by atoms with Gasteiger partial charge in [-0.1, -0.05) is 0 Å². The van der Waals surface area contributed by atoms with Gasteiger partial charge in [-0.25, -0.2) is 4.98 Å². The van der Waals surface area contributed by atoms with E-state index in [4.69, 9.17) is 4.74 Å². The topological polar surface area (TPSA) is 33.5 Å². The lowest BCUT2D eigenvalue weighted by Crippen LogP contribution is -2.45. The van der Waals surface area contributed by atoms with Crippen molar-refractivity contribution in [2.75, 3.05) is 45.2 Å². The van der Waals surface area contributed by atoms with E-state index in [1.54, 1.807) is 7.11 Å². The summed E-state index contributed by atoms with van der Waals surface area (Å²) in [6.07, 6.45) is 3.87. The molecule has 0 atom stereocenters. The minimum absolute atomic E-state index is 0.870. The third-order valence-electron chi connectivity index (χ3n) is 3.76. The quantitative estimate of drug-likeness (QED) is 0.850. The summed E-state index contributed by atoms with van der Waals surface area (Å²) in [6, 6.07) is 8.06. The molecule has 106 valence electrons. The van der Waals surface area contributed by atoms with Crippen molar-refractivity contribution < 1.29 is 4.74 Å². The second-order valence-electron chi connectivity index (χ2n) is 5.09. The van der Waals surface area contributed by atoms with Crippen molar-refractivity contribution in [1.82, 2.24) is 14.5 Å². The summed E-state index contributed by atoms with van der Waals surface area (Å²) in [5.41, 5.74) is 1.11. The van der Waals surface area contributed by atoms with Crippen LogP contribution in [0.3, 0.4) is 0 Å². The zero-order valence-corrected chi connectivity index (χ0v) is 12.0. The monoisotopic (exact) mass is 272 g/mol. The zero-order chi connectivity index (χ0) is 13.9. The number of piperazine rings is 1. The lowest BCUT2D eigenvalue weighted by molar-refractivity contribution is 0.311. The van der Waals surface area contributed by atoms with Gasteiger partial charge in [0.05, 0.1) is 7.11 Å². The van der Waals surface area contributed by atoms with Crippen molar-refractivity contribution in [2.45, 2.75) is 0 Å². The first-order valence-corrected chi connectivity index (χ1v) is 6.89. The van der Waals surface area contributed by atoms with Gasteiger partial charge in [0.2, 0.25) is 5.95 Å². The first-order valence-electron chi connectivity index (χ1n) is 6.89. The van der Waals surface area contributed by atoms with E-state index in [2.05, 4.69) is 38.5 Å². The molecule has 1 aliphatic rings. The fraction of sp³-hybridized carbons (Fsp3) is 0.400. The molecule has 2 aromatic rings. The fourth-order valence-corrected chi connectivity index (χ4v) is 2.48. The van der Waals surface area contributed by atoms with Crippen LogP contribution in [0.5, 0.6) is 5.75 Å². The Morgan fingerprint density at radius 3 is 2.40 bits per heavy atom. The van der Waals surface area contributed by atoms with Gasteiger partial charge in [-0.2, -0.15) is 0 Å². The van der Waals surface area contributed by atoms with Gasteiger partial charge in [-0.05, 0) is 31.3 Å². The molecule has 2 heterocycles. The molecule has 0 saturated carbocycles. The maximum absolute atomic E-state index is 5.20. The average Bonchev–Trinajstić information content (AvgIpc) is 2.97. The molecule has 0 spiro atoms. The van der Waals surface area contributed by atoms with Gasteiger partial charge in [0, 0.05) is 44.3 Å². The lowest BCUT2D eigenvalue weighted by atomic mass is 10.3. The van der Waals surface area contributed by atoms with Crippen LogP contribution < -0.4 is 9.64 Å². The van der Waals surface area contributed by atoms with E-state index in [0.29, 0.717) is 0 Å². The predicted molar refractivity (Wildman–Crippen MR) is 79.8 cm³/mol. The number of nitrogens with zero attached hydrogens (tertiary/aromatic N) is 4. The standard InChI is InChI=1S/C15H20N4O/c1-17-9-11-18(12-10-17)15-16-7-8-19(15)13-3-5-14(20-2)6-4-13/h3-8H,9-12H2,1-2H3. The molecule has 0 radical (unpaired) electrons. The molecule has 1 aliphatic heterocycles. The summed E-state index contributed by atoms with van der Waals surface area (Å²) in [4.78, 5) is 9.20. The molecule has 3 rings (SSSR count). The number of likely N-dealkylation sites (N-methyl/N-ethyl adjacent to an activating group) is 1. The van der Waals surface area contributed by atoms with Crippen LogP contribution in [0, 0.1) is 0 Å². The SMILES string of the molecule is COc1ccc(-n2ccnc2N2CCN(C)CC2)cc1. The van der Waals surface area contributed by atoms with Crippen molar-refractivity contribution in [1.29, 1.82) is 0 Å². The average molecular weight is 272 g/mol. The zero-order valence-electron chi connectivity index (χ0n) is 12.0. The first kappa shape index (κ1) is 13.0. The molecule has 1 fully saturated rings. The van der Waals surface area contributed by atoms with Crippen LogP contribution >= 0.6 is 0 Å². The molecular formula is C15H20N4O. The number of aromatic nitrogens is 2. The van der Waals surface area contributed by atoms with E-state index in [-0.39, 0.29) is 0 Å². The van der Waals surface area contributed by atoms with Crippen LogP contribution in [-0.2, 0) is 0 Å². The molecule has 1 aromatic heterocycles. The molecule has 20 heavy (non-hydrogen) atoms. The normalized spacial score (nSPS) is 16.4. The van der Waals surface area contributed by atoms with Gasteiger partial charge >= 0.3 is 0 Å². The summed E-state index contributed by atoms with van der Waals surface area (Å²) in [5.74, 6) is 1.89. The van der Waals surface area contributed by atoms with E-state index in [1.165, 1.54) is 0 Å². The summed E-state index contributed by atoms with van der Waals surface area (Å²) in [6.45, 7) is 4.19. The number of hydrogen-bond acceptors (Lipinski definition) is 4. The second kappa shape index (κ2) is 5.54. The summed E-state index contributed by atoms with van der Waals surface area (Å²) in [5, 5.41) is 0. The lowest BCUT2D eigenvalue weighted by Gasteiger charge is -2.33. The number of ether oxygens (including phenoxy) is 1. The Hall–Kier alpha value is -2.01. The largest absolute Gasteiger partial charge is 0.497 e. The molecular weight excluding hydrogens is 252 g/mol. The van der Waals surface area contributed by atoms with E-state index >= 15 is 0 Å². The van der Waals surface area contributed by atoms with Crippen LogP contribution in [0.25, 0.3) is 5.69 Å². The summed E-state index contributed by atoms with van der Waals surface area (Å²) < 4.78 is 7.33. The molecule has 1 aromatic carbocycles. The van der Waals surface area contributed by atoms with Gasteiger partial charge in [0.15, 0.2) is 0 Å². The first-order chi connectivity index (χ1) is 9.78. The van der Waals surface area contributed by atoms with Crippen molar-refractivity contribution in [3.63, 3.8) is 0 Å². The van der Waals surface area contributed by atoms with Crippen molar-refractivity contribution in [3.05, 3.63) is 36.7 Å². The number of benzene rings is 1. The predicted octanol–water partition coefficient (Wildman–Crippen LogP) is 1.63. The highest BCUT2D eigenvalue weighted by atomic mass is 16.5. The van der Waals surface area contributed by atoms with Crippen LogP contribution in [0.1, 0.15) is 0 Å². The van der Waals surface area contributed by atoms with Crippen molar-refractivity contribution in [2.24, 2.45) is 0 Å². The Morgan fingerprint density at radius 1 is 1.05 bits per heavy atom. The maximum Gasteiger partial charge on any atom is 0.210 e. The van der Waals surface area contributed by atoms with Gasteiger partial charge in [-0.3, -0.25) is 4.57 Å². The number of anilines is 1. The van der Waals surface area contributed by atoms with Crippen LogP contribution in [0.15, 0.2) is 36.7 Å². The van der Waals surface area contributed by atoms with Gasteiger partial charge in [0.1, 0.15) is 5.75 Å². The smallest absolute Gasteiger partial charge is 0.210 e. The van der Waals surface area contributed by atoms with Gasteiger partial charge in [-0.15, -0.1) is 0 Å². The number of methoxy groups -OCH3 is 1. The van der Waals surface area contributed by atoms with Gasteiger partial charge in [0.25, 0.3) is 0 Å². The van der Waals surface area contributed by atoms with Crippen molar-refractivity contribution >= 4 is 5.95 Å². The van der Waals surface area contributed by atoms with E-state index < -0.39 is 0 Å². The van der Waals surface area contributed by atoms with Crippen LogP contribution in [0.4, 0.5) is 5.95 Å². The minimum Gasteiger partial charge on any atom is -0.497 e. The molecule has 0 N–H and O–H groups in total. The highest BCUT2D eigenvalue weighted by Gasteiger charge is 2.18. The molecule has 0 unspecified atom stereocenters. The highest BCUT2D eigenvalue weighted by molar-refractivity contribution is 5.45. The summed E-state index contributed by atoms with van der Waals surface area (Å²) in [7, 11) is 3.84. The molecule has 0 bridgehead atoms. The Bertz CT molecular complexity index is 556. The molecule has 5 nitrogen and oxygen atoms in total. The molecule has 1 saturated heterocycles. The maximum atomic E-state index is 5.20. The van der Waals surface area contributed by atoms with Crippen molar-refractivity contribution in [3.8, 4) is 11.4 Å². The van der Waals surface area contributed by atoms with E-state index in [0.717, 1.165) is 43.6 Å². The van der Waals surface area contributed by atoms with Gasteiger partial charge < -0.3 is 14.5 Å². The molecule has 5 heteroatoms. The molecule has 0 amide bonds. The van der Waals surface area contributed by atoms with E-state index in [1.807, 2.05) is 24.5 Å². The van der Waals surface area contributed by atoms with Crippen LogP contribution in [-0.4, -0.2) is 54.8 Å². The number of rotatable bonds is 3. The Labute approximate surface area is 119 Å². The summed E-state index contributed by atoms with van der Waals surface area (Å²) >= 11 is 0. The Morgan fingerprint density at radius 2 is 1.75 bits per heavy atom. The fourth-order valence-electron chi connectivity index (χ4n) is 2.48. The van der Waals surface area contributed by atoms with Crippen LogP contribution in [0.2, 0.25) is 0 Å². The minimum atomic E-state index is 0.870. The number of imidazole rings is 1. The second-order valence-corrected chi connectivity index (χ2v) is 5.09. The third-order valence-corrected chi connectivity index (χ3v) is 3.76.